The number of nitrogen functional groups attached to an aromatic ring is 1. The maximum atomic E-state index is 11.9. The molecule has 1 rings (SSSR count). The second kappa shape index (κ2) is 4.42. The number of sulfonamides is 1. The van der Waals surface area contributed by atoms with E-state index < -0.39 is 10.0 Å². The molecule has 0 fully saturated rings. The van der Waals surface area contributed by atoms with Gasteiger partial charge in [-0.05, 0) is 12.8 Å². The second-order valence-electron chi connectivity index (χ2n) is 4.17. The fourth-order valence-corrected chi connectivity index (χ4v) is 2.87. The summed E-state index contributed by atoms with van der Waals surface area (Å²) >= 11 is 0. The maximum absolute atomic E-state index is 11.9. The van der Waals surface area contributed by atoms with Gasteiger partial charge in [0.1, 0.15) is 10.7 Å². The first-order chi connectivity index (χ1) is 7.25. The van der Waals surface area contributed by atoms with Crippen molar-refractivity contribution in [1.29, 1.82) is 0 Å². The third-order valence-corrected chi connectivity index (χ3v) is 3.75. The predicted molar refractivity (Wildman–Crippen MR) is 62.4 cm³/mol. The molecule has 0 saturated carbocycles. The molecular formula is C9H18N4O2S. The summed E-state index contributed by atoms with van der Waals surface area (Å²) in [5, 5.41) is 3.98. The van der Waals surface area contributed by atoms with Crippen molar-refractivity contribution in [2.24, 2.45) is 13.0 Å². The zero-order chi connectivity index (χ0) is 12.5. The molecule has 0 unspecified atom stereocenters. The first-order valence-electron chi connectivity index (χ1n) is 5.04. The number of hydrogen-bond acceptors (Lipinski definition) is 4. The van der Waals surface area contributed by atoms with E-state index in [0.717, 1.165) is 0 Å². The van der Waals surface area contributed by atoms with E-state index in [2.05, 4.69) is 9.82 Å². The van der Waals surface area contributed by atoms with Gasteiger partial charge in [0.25, 0.3) is 0 Å². The highest BCUT2D eigenvalue weighted by Crippen LogP contribution is 2.20. The summed E-state index contributed by atoms with van der Waals surface area (Å²) in [4.78, 5) is 0.0793. The van der Waals surface area contributed by atoms with Crippen LogP contribution < -0.4 is 10.5 Å². The van der Waals surface area contributed by atoms with Crippen LogP contribution in [0, 0.1) is 12.8 Å². The highest BCUT2D eigenvalue weighted by atomic mass is 32.2. The molecule has 0 spiro atoms. The smallest absolute Gasteiger partial charge is 0.246 e. The van der Waals surface area contributed by atoms with Crippen LogP contribution in [0.15, 0.2) is 4.90 Å². The first-order valence-corrected chi connectivity index (χ1v) is 6.52. The molecule has 1 aromatic rings. The lowest BCUT2D eigenvalue weighted by Crippen LogP contribution is -2.28. The molecule has 0 saturated heterocycles. The Balaban J connectivity index is 3.08. The molecule has 0 amide bonds. The van der Waals surface area contributed by atoms with Gasteiger partial charge in [-0.3, -0.25) is 4.68 Å². The molecule has 0 aliphatic rings. The molecule has 0 aromatic carbocycles. The van der Waals surface area contributed by atoms with E-state index in [1.165, 1.54) is 4.68 Å². The van der Waals surface area contributed by atoms with Crippen LogP contribution in [-0.4, -0.2) is 24.7 Å². The lowest BCUT2D eigenvalue weighted by molar-refractivity contribution is 0.560. The van der Waals surface area contributed by atoms with Crippen molar-refractivity contribution < 1.29 is 8.42 Å². The fraction of sp³-hybridized carbons (Fsp3) is 0.667. The van der Waals surface area contributed by atoms with Gasteiger partial charge in [-0.1, -0.05) is 13.8 Å². The maximum Gasteiger partial charge on any atom is 0.246 e. The molecule has 0 atom stereocenters. The highest BCUT2D eigenvalue weighted by Gasteiger charge is 2.24. The molecule has 7 heteroatoms. The van der Waals surface area contributed by atoms with Crippen LogP contribution in [0.4, 0.5) is 5.82 Å². The van der Waals surface area contributed by atoms with Crippen molar-refractivity contribution in [2.45, 2.75) is 25.7 Å². The van der Waals surface area contributed by atoms with E-state index in [4.69, 9.17) is 5.73 Å². The summed E-state index contributed by atoms with van der Waals surface area (Å²) in [5.41, 5.74) is 6.09. The Morgan fingerprint density at radius 3 is 2.44 bits per heavy atom. The largest absolute Gasteiger partial charge is 0.383 e. The Bertz CT molecular complexity index is 476. The van der Waals surface area contributed by atoms with Gasteiger partial charge in [-0.15, -0.1) is 0 Å². The van der Waals surface area contributed by atoms with Gasteiger partial charge in [0.15, 0.2) is 0 Å². The first kappa shape index (κ1) is 13.0. The number of nitrogens with zero attached hydrogens (tertiary/aromatic N) is 2. The quantitative estimate of drug-likeness (QED) is 0.796. The van der Waals surface area contributed by atoms with Crippen LogP contribution in [0.3, 0.4) is 0 Å². The van der Waals surface area contributed by atoms with Gasteiger partial charge in [0.2, 0.25) is 10.0 Å². The number of aryl methyl sites for hydroxylation is 2. The van der Waals surface area contributed by atoms with Gasteiger partial charge in [0, 0.05) is 13.6 Å². The van der Waals surface area contributed by atoms with E-state index in [1.807, 2.05) is 13.8 Å². The topological polar surface area (TPSA) is 90.0 Å². The third kappa shape index (κ3) is 2.53. The minimum Gasteiger partial charge on any atom is -0.383 e. The molecule has 16 heavy (non-hydrogen) atoms. The number of nitrogens with one attached hydrogen (secondary N) is 1. The minimum atomic E-state index is -3.55. The SMILES string of the molecule is Cc1nn(C)c(N)c1S(=O)(=O)NCC(C)C. The van der Waals surface area contributed by atoms with E-state index in [0.29, 0.717) is 12.2 Å². The summed E-state index contributed by atoms with van der Waals surface area (Å²) in [5.74, 6) is 0.404. The number of nitrogens with two attached hydrogens (primary N) is 1. The van der Waals surface area contributed by atoms with Crippen molar-refractivity contribution in [3.8, 4) is 0 Å². The molecular weight excluding hydrogens is 228 g/mol. The molecule has 1 heterocycles. The van der Waals surface area contributed by atoms with Crippen LogP contribution in [0.5, 0.6) is 0 Å². The van der Waals surface area contributed by atoms with E-state index >= 15 is 0 Å². The second-order valence-corrected chi connectivity index (χ2v) is 5.87. The zero-order valence-electron chi connectivity index (χ0n) is 9.98. The number of anilines is 1. The Labute approximate surface area is 95.9 Å². The van der Waals surface area contributed by atoms with Crippen LogP contribution in [-0.2, 0) is 17.1 Å². The van der Waals surface area contributed by atoms with Crippen molar-refractivity contribution in [2.75, 3.05) is 12.3 Å². The Kier molecular flexibility index (Phi) is 3.59. The summed E-state index contributed by atoms with van der Waals surface area (Å²) < 4.78 is 27.8. The monoisotopic (exact) mass is 246 g/mol. The fourth-order valence-electron chi connectivity index (χ4n) is 1.34. The average Bonchev–Trinajstić information content (AvgIpc) is 2.38. The predicted octanol–water partition coefficient (Wildman–Crippen LogP) is 0.245. The summed E-state index contributed by atoms with van der Waals surface area (Å²) in [6, 6.07) is 0. The van der Waals surface area contributed by atoms with Crippen LogP contribution >= 0.6 is 0 Å². The van der Waals surface area contributed by atoms with Crippen LogP contribution in [0.1, 0.15) is 19.5 Å². The number of rotatable bonds is 4. The normalized spacial score (nSPS) is 12.3. The molecule has 0 aliphatic carbocycles. The van der Waals surface area contributed by atoms with E-state index in [-0.39, 0.29) is 16.6 Å². The van der Waals surface area contributed by atoms with Gasteiger partial charge in [-0.2, -0.15) is 5.10 Å². The highest BCUT2D eigenvalue weighted by molar-refractivity contribution is 7.89. The molecule has 1 aromatic heterocycles. The molecule has 3 N–H and O–H groups in total. The third-order valence-electron chi connectivity index (χ3n) is 2.16. The molecule has 0 bridgehead atoms. The Morgan fingerprint density at radius 1 is 1.50 bits per heavy atom. The van der Waals surface area contributed by atoms with Gasteiger partial charge >= 0.3 is 0 Å². The Hall–Kier alpha value is -1.08. The van der Waals surface area contributed by atoms with Crippen molar-refractivity contribution >= 4 is 15.8 Å². The summed E-state index contributed by atoms with van der Waals surface area (Å²) in [7, 11) is -1.94. The zero-order valence-corrected chi connectivity index (χ0v) is 10.8. The molecule has 6 nitrogen and oxygen atoms in total. The standard InChI is InChI=1S/C9H18N4O2S/c1-6(2)5-11-16(14,15)8-7(3)12-13(4)9(8)10/h6,11H,5,10H2,1-4H3. The number of aromatic nitrogens is 2. The van der Waals surface area contributed by atoms with Crippen LogP contribution in [0.2, 0.25) is 0 Å². The molecule has 0 aliphatic heterocycles. The molecule has 92 valence electrons. The van der Waals surface area contributed by atoms with Gasteiger partial charge < -0.3 is 5.73 Å². The average molecular weight is 246 g/mol. The van der Waals surface area contributed by atoms with Crippen molar-refractivity contribution in [3.05, 3.63) is 5.69 Å². The van der Waals surface area contributed by atoms with Gasteiger partial charge in [-0.25, -0.2) is 13.1 Å². The van der Waals surface area contributed by atoms with E-state index in [9.17, 15) is 8.42 Å². The van der Waals surface area contributed by atoms with Gasteiger partial charge in [0.05, 0.1) is 5.69 Å². The summed E-state index contributed by atoms with van der Waals surface area (Å²) in [6.45, 7) is 5.88. The minimum absolute atomic E-state index is 0.0793. The summed E-state index contributed by atoms with van der Waals surface area (Å²) in [6.07, 6.45) is 0. The lowest BCUT2D eigenvalue weighted by atomic mass is 10.2. The van der Waals surface area contributed by atoms with Crippen LogP contribution in [0.25, 0.3) is 0 Å². The lowest BCUT2D eigenvalue weighted by Gasteiger charge is -2.08. The number of hydrogen-bond donors (Lipinski definition) is 2. The Morgan fingerprint density at radius 2 is 2.06 bits per heavy atom. The van der Waals surface area contributed by atoms with Crippen molar-refractivity contribution in [3.63, 3.8) is 0 Å². The van der Waals surface area contributed by atoms with Crippen molar-refractivity contribution in [1.82, 2.24) is 14.5 Å². The molecule has 0 radical (unpaired) electrons. The van der Waals surface area contributed by atoms with E-state index in [1.54, 1.807) is 14.0 Å².